The molecular weight excluding hydrogens is 481 g/mol. The molecule has 3 fully saturated rings. The van der Waals surface area contributed by atoms with Crippen LogP contribution in [0.4, 0.5) is 4.39 Å². The van der Waals surface area contributed by atoms with Gasteiger partial charge in [-0.1, -0.05) is 12.8 Å². The van der Waals surface area contributed by atoms with E-state index in [9.17, 15) is 18.8 Å². The number of nitrogens with zero attached hydrogens (tertiary/aromatic N) is 2. The van der Waals surface area contributed by atoms with Gasteiger partial charge in [0, 0.05) is 35.1 Å². The van der Waals surface area contributed by atoms with Crippen molar-refractivity contribution >= 4 is 40.4 Å². The molecule has 5 atom stereocenters. The Morgan fingerprint density at radius 3 is 2.91 bits per heavy atom. The second-order valence-electron chi connectivity index (χ2n) is 9.06. The molecule has 1 N–H and O–H groups in total. The fourth-order valence-electron chi connectivity index (χ4n) is 5.41. The molecule has 3 aliphatic rings. The molecule has 10 heteroatoms. The van der Waals surface area contributed by atoms with Gasteiger partial charge in [-0.2, -0.15) is 0 Å². The highest BCUT2D eigenvalue weighted by Gasteiger charge is 2.53. The van der Waals surface area contributed by atoms with Gasteiger partial charge in [-0.25, -0.2) is 4.39 Å². The first-order valence-electron chi connectivity index (χ1n) is 11.5. The minimum atomic E-state index is -0.444. The normalized spacial score (nSPS) is 29.2. The van der Waals surface area contributed by atoms with Crippen LogP contribution in [0.2, 0.25) is 0 Å². The summed E-state index contributed by atoms with van der Waals surface area (Å²) in [5.74, 6) is -1.06. The molecule has 4 heterocycles. The van der Waals surface area contributed by atoms with E-state index in [0.717, 1.165) is 36.8 Å². The first-order chi connectivity index (χ1) is 16.4. The van der Waals surface area contributed by atoms with Gasteiger partial charge in [0.15, 0.2) is 11.6 Å². The Morgan fingerprint density at radius 2 is 2.09 bits per heavy atom. The van der Waals surface area contributed by atoms with Gasteiger partial charge >= 0.3 is 0 Å². The van der Waals surface area contributed by atoms with Crippen LogP contribution in [0.15, 0.2) is 30.6 Å². The maximum Gasteiger partial charge on any atom is 0.261 e. The molecule has 0 spiro atoms. The van der Waals surface area contributed by atoms with E-state index in [1.165, 1.54) is 23.6 Å². The number of likely N-dealkylation sites (tertiary alicyclic amines) is 1. The third-order valence-electron chi connectivity index (χ3n) is 6.97. The zero-order valence-corrected chi connectivity index (χ0v) is 20.0. The second-order valence-corrected chi connectivity index (χ2v) is 10.7. The predicted octanol–water partition coefficient (Wildman–Crippen LogP) is 3.07. The van der Waals surface area contributed by atoms with Crippen molar-refractivity contribution in [3.63, 3.8) is 0 Å². The fourth-order valence-corrected chi connectivity index (χ4v) is 6.68. The Bertz CT molecular complexity index is 1110. The number of thiophene rings is 1. The highest BCUT2D eigenvalue weighted by Crippen LogP contribution is 2.38. The highest BCUT2D eigenvalue weighted by atomic mass is 35.5. The van der Waals surface area contributed by atoms with E-state index in [2.05, 4.69) is 15.2 Å². The smallest absolute Gasteiger partial charge is 0.261 e. The topological polar surface area (TPSA) is 88.6 Å². The van der Waals surface area contributed by atoms with E-state index >= 15 is 0 Å². The van der Waals surface area contributed by atoms with Gasteiger partial charge < -0.3 is 10.1 Å². The number of hydrogen-bond donors (Lipinski definition) is 1. The number of fused-ring (bicyclic) bond motifs is 1. The Labute approximate surface area is 205 Å². The summed E-state index contributed by atoms with van der Waals surface area (Å²) in [7, 11) is 0. The molecule has 1 saturated carbocycles. The maximum atomic E-state index is 13.5. The van der Waals surface area contributed by atoms with Crippen molar-refractivity contribution in [2.75, 3.05) is 19.7 Å². The number of hydrogen-bond acceptors (Lipinski definition) is 7. The van der Waals surface area contributed by atoms with Crippen LogP contribution in [0.25, 0.3) is 10.4 Å². The van der Waals surface area contributed by atoms with Crippen LogP contribution in [-0.2, 0) is 14.3 Å². The van der Waals surface area contributed by atoms with Crippen molar-refractivity contribution in [3.05, 3.63) is 41.3 Å². The summed E-state index contributed by atoms with van der Waals surface area (Å²) in [5.41, 5.74) is 0.595. The lowest BCUT2D eigenvalue weighted by Crippen LogP contribution is -2.52. The largest absolute Gasteiger partial charge is 0.367 e. The molecule has 5 rings (SSSR count). The van der Waals surface area contributed by atoms with Gasteiger partial charge in [0.1, 0.15) is 12.4 Å². The highest BCUT2D eigenvalue weighted by molar-refractivity contribution is 7.17. The van der Waals surface area contributed by atoms with E-state index in [4.69, 9.17) is 16.3 Å². The summed E-state index contributed by atoms with van der Waals surface area (Å²) in [4.78, 5) is 45.4. The Morgan fingerprint density at radius 1 is 1.26 bits per heavy atom. The van der Waals surface area contributed by atoms with Crippen LogP contribution < -0.4 is 5.32 Å². The van der Waals surface area contributed by atoms with Crippen LogP contribution in [0.1, 0.15) is 35.4 Å². The second kappa shape index (κ2) is 9.81. The predicted molar refractivity (Wildman–Crippen MR) is 125 cm³/mol. The Balaban J connectivity index is 1.23. The molecule has 1 unspecified atom stereocenters. The Kier molecular flexibility index (Phi) is 6.79. The van der Waals surface area contributed by atoms with Gasteiger partial charge in [0.2, 0.25) is 0 Å². The lowest BCUT2D eigenvalue weighted by atomic mass is 9.80. The van der Waals surface area contributed by atoms with Crippen molar-refractivity contribution < 1.29 is 23.5 Å². The molecular formula is C24H25ClFN3O4S. The molecule has 1 amide bonds. The number of carbonyl (C=O) groups is 3. The van der Waals surface area contributed by atoms with Crippen LogP contribution >= 0.6 is 22.9 Å². The number of halogens is 2. The zero-order valence-electron chi connectivity index (χ0n) is 18.4. The van der Waals surface area contributed by atoms with Gasteiger partial charge in [-0.3, -0.25) is 24.3 Å². The van der Waals surface area contributed by atoms with Crippen molar-refractivity contribution in [3.8, 4) is 10.4 Å². The quantitative estimate of drug-likeness (QED) is 0.607. The first-order valence-corrected chi connectivity index (χ1v) is 12.7. The van der Waals surface area contributed by atoms with Crippen LogP contribution in [0.3, 0.4) is 0 Å². The summed E-state index contributed by atoms with van der Waals surface area (Å²) < 4.78 is 19.0. The number of ether oxygens (including phenoxy) is 1. The third-order valence-corrected chi connectivity index (χ3v) is 8.49. The molecule has 0 bridgehead atoms. The average Bonchev–Trinajstić information content (AvgIpc) is 3.55. The summed E-state index contributed by atoms with van der Waals surface area (Å²) in [6.07, 6.45) is 5.83. The minimum Gasteiger partial charge on any atom is -0.367 e. The number of pyridine rings is 1. The first kappa shape index (κ1) is 23.5. The number of amides is 1. The molecule has 34 heavy (non-hydrogen) atoms. The molecule has 1 aliphatic carbocycles. The molecule has 2 aromatic heterocycles. The molecule has 7 nitrogen and oxygen atoms in total. The molecule has 2 aliphatic heterocycles. The van der Waals surface area contributed by atoms with Gasteiger partial charge in [-0.05, 0) is 31.0 Å². The molecule has 0 aromatic carbocycles. The summed E-state index contributed by atoms with van der Waals surface area (Å²) >= 11 is 7.68. The van der Waals surface area contributed by atoms with E-state index in [1.54, 1.807) is 12.1 Å². The molecule has 2 aromatic rings. The minimum absolute atomic E-state index is 0.0280. The van der Waals surface area contributed by atoms with Gasteiger partial charge in [0.05, 0.1) is 35.1 Å². The number of nitrogens with one attached hydrogen (secondary N) is 1. The summed E-state index contributed by atoms with van der Waals surface area (Å²) in [6, 6.07) is 4.31. The number of alkyl halides is 1. The molecule has 0 radical (unpaired) electrons. The number of rotatable bonds is 6. The van der Waals surface area contributed by atoms with E-state index in [0.29, 0.717) is 17.0 Å². The average molecular weight is 506 g/mol. The monoisotopic (exact) mass is 505 g/mol. The standard InChI is InChI=1S/C24H25ClFN3O4S/c25-16-11-29(22-19(31)12-33-23(16)22)17-4-2-1-3-15(17)18(30)10-28-24(32)21-6-5-20(34-21)13-7-14(26)9-27-8-13/h5-9,15-17,22-23H,1-4,10-12H2,(H,28,32)/t15-,16-,17?,22+,23+/m0/s1. The van der Waals surface area contributed by atoms with Crippen molar-refractivity contribution in [1.29, 1.82) is 0 Å². The summed E-state index contributed by atoms with van der Waals surface area (Å²) in [6.45, 7) is 0.521. The van der Waals surface area contributed by atoms with Crippen LogP contribution in [0.5, 0.6) is 0 Å². The number of carbonyl (C=O) groups excluding carboxylic acids is 3. The van der Waals surface area contributed by atoms with Crippen LogP contribution in [0, 0.1) is 11.7 Å². The maximum absolute atomic E-state index is 13.5. The van der Waals surface area contributed by atoms with Crippen molar-refractivity contribution in [2.45, 2.75) is 49.2 Å². The zero-order chi connectivity index (χ0) is 23.8. The number of ketones is 2. The van der Waals surface area contributed by atoms with E-state index in [-0.39, 0.29) is 60.1 Å². The van der Waals surface area contributed by atoms with Crippen molar-refractivity contribution in [2.24, 2.45) is 5.92 Å². The van der Waals surface area contributed by atoms with E-state index < -0.39 is 5.82 Å². The lowest BCUT2D eigenvalue weighted by Gasteiger charge is -2.39. The SMILES string of the molecule is O=C(NCC(=O)[C@H]1CCCCC1N1C[C@H](Cl)[C@H]2OCC(=O)[C@H]21)c1ccc(-c2cncc(F)c2)s1. The third kappa shape index (κ3) is 4.54. The summed E-state index contributed by atoms with van der Waals surface area (Å²) in [5, 5.41) is 2.47. The fraction of sp³-hybridized carbons (Fsp3) is 0.500. The van der Waals surface area contributed by atoms with Crippen LogP contribution in [-0.4, -0.2) is 70.6 Å². The van der Waals surface area contributed by atoms with E-state index in [1.807, 2.05) is 0 Å². The van der Waals surface area contributed by atoms with Crippen molar-refractivity contribution in [1.82, 2.24) is 15.2 Å². The Hall–Kier alpha value is -2.20. The molecule has 2 saturated heterocycles. The number of Topliss-reactive ketones (excluding diaryl/α,β-unsaturated/α-hetero) is 2. The van der Waals surface area contributed by atoms with Gasteiger partial charge in [-0.15, -0.1) is 22.9 Å². The number of aromatic nitrogens is 1. The molecule has 180 valence electrons. The lowest BCUT2D eigenvalue weighted by molar-refractivity contribution is -0.128. The van der Waals surface area contributed by atoms with Gasteiger partial charge in [0.25, 0.3) is 5.91 Å².